The standard InChI is InChI=1S/C21H16BrCl4NO2/c1-28-20-5-3-17(22)16(10-27-15-8-13(23)7-14(24)9-15)21(20)29-11-12-2-4-18(25)19(26)6-12/h2-9,27H,10-11H2,1H3. The molecule has 0 radical (unpaired) electrons. The van der Waals surface area contributed by atoms with Crippen LogP contribution in [0.1, 0.15) is 11.1 Å². The zero-order valence-electron chi connectivity index (χ0n) is 15.2. The number of hydrogen-bond donors (Lipinski definition) is 1. The third kappa shape index (κ3) is 5.87. The van der Waals surface area contributed by atoms with Crippen molar-refractivity contribution < 1.29 is 9.47 Å². The van der Waals surface area contributed by atoms with Crippen molar-refractivity contribution in [2.24, 2.45) is 0 Å². The molecular formula is C21H16BrCl4NO2. The highest BCUT2D eigenvalue weighted by Gasteiger charge is 2.15. The summed E-state index contributed by atoms with van der Waals surface area (Å²) >= 11 is 27.9. The zero-order chi connectivity index (χ0) is 21.0. The maximum Gasteiger partial charge on any atom is 0.167 e. The fourth-order valence-corrected chi connectivity index (χ4v) is 4.00. The Morgan fingerprint density at radius 3 is 2.28 bits per heavy atom. The number of rotatable bonds is 7. The van der Waals surface area contributed by atoms with E-state index in [0.717, 1.165) is 21.3 Å². The van der Waals surface area contributed by atoms with E-state index < -0.39 is 0 Å². The van der Waals surface area contributed by atoms with Gasteiger partial charge in [0, 0.05) is 32.3 Å². The molecule has 0 unspecified atom stereocenters. The van der Waals surface area contributed by atoms with Gasteiger partial charge in [0.25, 0.3) is 0 Å². The van der Waals surface area contributed by atoms with E-state index in [1.807, 2.05) is 18.2 Å². The van der Waals surface area contributed by atoms with E-state index in [9.17, 15) is 0 Å². The first-order chi connectivity index (χ1) is 13.9. The summed E-state index contributed by atoms with van der Waals surface area (Å²) < 4.78 is 12.5. The van der Waals surface area contributed by atoms with Crippen molar-refractivity contribution in [1.82, 2.24) is 0 Å². The van der Waals surface area contributed by atoms with Crippen LogP contribution in [0.4, 0.5) is 5.69 Å². The van der Waals surface area contributed by atoms with Crippen LogP contribution in [-0.4, -0.2) is 7.11 Å². The smallest absolute Gasteiger partial charge is 0.167 e. The summed E-state index contributed by atoms with van der Waals surface area (Å²) in [6.45, 7) is 0.769. The van der Waals surface area contributed by atoms with Gasteiger partial charge in [-0.1, -0.05) is 68.4 Å². The maximum atomic E-state index is 6.11. The van der Waals surface area contributed by atoms with Crippen LogP contribution in [0.3, 0.4) is 0 Å². The Hall–Kier alpha value is -1.30. The summed E-state index contributed by atoms with van der Waals surface area (Å²) in [5.41, 5.74) is 2.58. The molecule has 0 saturated heterocycles. The molecule has 0 heterocycles. The van der Waals surface area contributed by atoms with Crippen LogP contribution in [0.2, 0.25) is 20.1 Å². The van der Waals surface area contributed by atoms with Gasteiger partial charge in [0.15, 0.2) is 11.5 Å². The molecule has 0 bridgehead atoms. The quantitative estimate of drug-likeness (QED) is 0.330. The lowest BCUT2D eigenvalue weighted by Gasteiger charge is -2.18. The molecule has 0 atom stereocenters. The average Bonchev–Trinajstić information content (AvgIpc) is 2.67. The fourth-order valence-electron chi connectivity index (χ4n) is 2.70. The Labute approximate surface area is 197 Å². The topological polar surface area (TPSA) is 30.5 Å². The van der Waals surface area contributed by atoms with E-state index in [2.05, 4.69) is 21.2 Å². The first-order valence-corrected chi connectivity index (χ1v) is 10.8. The second-order valence-electron chi connectivity index (χ2n) is 6.11. The predicted octanol–water partition coefficient (Wildman–Crippen LogP) is 8.26. The van der Waals surface area contributed by atoms with Crippen LogP contribution < -0.4 is 14.8 Å². The van der Waals surface area contributed by atoms with Crippen LogP contribution in [-0.2, 0) is 13.2 Å². The summed E-state index contributed by atoms with van der Waals surface area (Å²) in [4.78, 5) is 0. The van der Waals surface area contributed by atoms with Crippen molar-refractivity contribution in [1.29, 1.82) is 0 Å². The molecule has 1 N–H and O–H groups in total. The van der Waals surface area contributed by atoms with Crippen LogP contribution >= 0.6 is 62.3 Å². The van der Waals surface area contributed by atoms with Crippen molar-refractivity contribution in [2.75, 3.05) is 12.4 Å². The third-order valence-corrected chi connectivity index (χ3v) is 6.00. The lowest BCUT2D eigenvalue weighted by molar-refractivity contribution is 0.281. The molecule has 3 nitrogen and oxygen atoms in total. The second-order valence-corrected chi connectivity index (χ2v) is 8.65. The van der Waals surface area contributed by atoms with E-state index in [1.165, 1.54) is 0 Å². The number of hydrogen-bond acceptors (Lipinski definition) is 3. The number of ether oxygens (including phenoxy) is 2. The monoisotopic (exact) mass is 533 g/mol. The minimum atomic E-state index is 0.305. The first-order valence-electron chi connectivity index (χ1n) is 8.49. The Morgan fingerprint density at radius 1 is 0.897 bits per heavy atom. The molecule has 0 saturated carbocycles. The minimum Gasteiger partial charge on any atom is -0.493 e. The van der Waals surface area contributed by atoms with Crippen molar-refractivity contribution in [3.8, 4) is 11.5 Å². The maximum absolute atomic E-state index is 6.11. The summed E-state index contributed by atoms with van der Waals surface area (Å²) in [7, 11) is 1.60. The Bertz CT molecular complexity index is 1010. The van der Waals surface area contributed by atoms with Gasteiger partial charge in [-0.05, 0) is 48.0 Å². The zero-order valence-corrected chi connectivity index (χ0v) is 19.8. The van der Waals surface area contributed by atoms with Crippen molar-refractivity contribution in [2.45, 2.75) is 13.2 Å². The highest BCUT2D eigenvalue weighted by Crippen LogP contribution is 2.38. The van der Waals surface area contributed by atoms with Crippen molar-refractivity contribution in [3.05, 3.63) is 84.2 Å². The molecule has 0 spiro atoms. The molecule has 8 heteroatoms. The second kappa shape index (κ2) is 10.1. The summed E-state index contributed by atoms with van der Waals surface area (Å²) in [5, 5.41) is 5.41. The van der Waals surface area contributed by atoms with Crippen LogP contribution in [0.15, 0.2) is 53.0 Å². The normalized spacial score (nSPS) is 10.7. The van der Waals surface area contributed by atoms with Crippen LogP contribution in [0.25, 0.3) is 0 Å². The molecule has 3 rings (SSSR count). The summed E-state index contributed by atoms with van der Waals surface area (Å²) in [5.74, 6) is 1.24. The van der Waals surface area contributed by atoms with Gasteiger partial charge in [-0.3, -0.25) is 0 Å². The largest absolute Gasteiger partial charge is 0.493 e. The molecule has 3 aromatic rings. The number of anilines is 1. The molecule has 0 aliphatic carbocycles. The molecule has 0 aliphatic heterocycles. The lowest BCUT2D eigenvalue weighted by Crippen LogP contribution is -2.06. The van der Waals surface area contributed by atoms with Gasteiger partial charge in [-0.2, -0.15) is 0 Å². The Balaban J connectivity index is 1.84. The van der Waals surface area contributed by atoms with Gasteiger partial charge in [0.1, 0.15) is 6.61 Å². The van der Waals surface area contributed by atoms with Crippen molar-refractivity contribution in [3.63, 3.8) is 0 Å². The highest BCUT2D eigenvalue weighted by molar-refractivity contribution is 9.10. The van der Waals surface area contributed by atoms with Gasteiger partial charge in [-0.15, -0.1) is 0 Å². The van der Waals surface area contributed by atoms with E-state index >= 15 is 0 Å². The number of methoxy groups -OCH3 is 1. The average molecular weight is 536 g/mol. The Kier molecular flexibility index (Phi) is 7.83. The molecule has 3 aromatic carbocycles. The number of benzene rings is 3. The Morgan fingerprint density at radius 2 is 1.62 bits per heavy atom. The van der Waals surface area contributed by atoms with Gasteiger partial charge >= 0.3 is 0 Å². The molecule has 0 amide bonds. The van der Waals surface area contributed by atoms with Gasteiger partial charge < -0.3 is 14.8 Å². The molecule has 0 fully saturated rings. The summed E-state index contributed by atoms with van der Waals surface area (Å²) in [6, 6.07) is 14.4. The van der Waals surface area contributed by atoms with Crippen LogP contribution in [0.5, 0.6) is 11.5 Å². The minimum absolute atomic E-state index is 0.305. The molecule has 29 heavy (non-hydrogen) atoms. The first kappa shape index (κ1) is 22.4. The predicted molar refractivity (Wildman–Crippen MR) is 125 cm³/mol. The third-order valence-electron chi connectivity index (χ3n) is 4.09. The van der Waals surface area contributed by atoms with E-state index in [4.69, 9.17) is 55.9 Å². The highest BCUT2D eigenvalue weighted by atomic mass is 79.9. The molecule has 152 valence electrons. The van der Waals surface area contributed by atoms with E-state index in [1.54, 1.807) is 37.4 Å². The van der Waals surface area contributed by atoms with E-state index in [-0.39, 0.29) is 0 Å². The number of halogens is 5. The van der Waals surface area contributed by atoms with Crippen LogP contribution in [0, 0.1) is 0 Å². The fraction of sp³-hybridized carbons (Fsp3) is 0.143. The molecule has 0 aromatic heterocycles. The van der Waals surface area contributed by atoms with Gasteiger partial charge in [0.2, 0.25) is 0 Å². The summed E-state index contributed by atoms with van der Waals surface area (Å²) in [6.07, 6.45) is 0. The van der Waals surface area contributed by atoms with E-state index in [0.29, 0.717) is 44.7 Å². The van der Waals surface area contributed by atoms with Gasteiger partial charge in [0.05, 0.1) is 17.2 Å². The molecule has 0 aliphatic rings. The van der Waals surface area contributed by atoms with Crippen molar-refractivity contribution >= 4 is 68.0 Å². The lowest BCUT2D eigenvalue weighted by atomic mass is 10.1. The SMILES string of the molecule is COc1ccc(Br)c(CNc2cc(Cl)cc(Cl)c2)c1OCc1ccc(Cl)c(Cl)c1. The van der Waals surface area contributed by atoms with Gasteiger partial charge in [-0.25, -0.2) is 0 Å². The number of nitrogens with one attached hydrogen (secondary N) is 1. The molecular weight excluding hydrogens is 520 g/mol.